The molecule has 2 atom stereocenters. The summed E-state index contributed by atoms with van der Waals surface area (Å²) in [4.78, 5) is 27.6. The van der Waals surface area contributed by atoms with Gasteiger partial charge in [0.05, 0.1) is 12.3 Å². The largest absolute Gasteiger partial charge is 0.468 e. The Labute approximate surface area is 149 Å². The minimum atomic E-state index is -4.48. The lowest BCUT2D eigenvalue weighted by atomic mass is 10.2. The number of amides is 3. The molecule has 0 saturated carbocycles. The molecule has 1 fully saturated rings. The van der Waals surface area contributed by atoms with Crippen LogP contribution in [0.4, 0.5) is 18.0 Å². The molecule has 2 N–H and O–H groups in total. The Kier molecular flexibility index (Phi) is 6.52. The highest BCUT2D eigenvalue weighted by molar-refractivity contribution is 5.87. The first-order valence-corrected chi connectivity index (χ1v) is 8.28. The molecule has 2 rings (SSSR count). The molecular formula is C16H23F3N4O3. The number of halogens is 3. The molecule has 0 aromatic carbocycles. The van der Waals surface area contributed by atoms with Crippen LogP contribution in [0.3, 0.4) is 0 Å². The summed E-state index contributed by atoms with van der Waals surface area (Å²) in [6.07, 6.45) is -2.04. The van der Waals surface area contributed by atoms with Crippen molar-refractivity contribution in [2.75, 3.05) is 33.7 Å². The molecule has 1 aromatic heterocycles. The first-order chi connectivity index (χ1) is 12.2. The summed E-state index contributed by atoms with van der Waals surface area (Å²) in [6, 6.07) is 1.97. The normalized spacial score (nSPS) is 18.8. The van der Waals surface area contributed by atoms with Crippen LogP contribution in [0.25, 0.3) is 0 Å². The smallest absolute Gasteiger partial charge is 0.405 e. The van der Waals surface area contributed by atoms with Crippen LogP contribution in [0, 0.1) is 0 Å². The molecule has 1 saturated heterocycles. The van der Waals surface area contributed by atoms with Gasteiger partial charge in [0.2, 0.25) is 5.91 Å². The van der Waals surface area contributed by atoms with E-state index in [1.165, 1.54) is 11.2 Å². The van der Waals surface area contributed by atoms with Crippen molar-refractivity contribution < 1.29 is 27.2 Å². The van der Waals surface area contributed by atoms with Gasteiger partial charge in [-0.25, -0.2) is 4.79 Å². The molecule has 26 heavy (non-hydrogen) atoms. The van der Waals surface area contributed by atoms with E-state index in [1.54, 1.807) is 12.1 Å². The molecule has 3 amide bonds. The zero-order valence-electron chi connectivity index (χ0n) is 14.7. The fraction of sp³-hybridized carbons (Fsp3) is 0.625. The lowest BCUT2D eigenvalue weighted by molar-refractivity contribution is -0.140. The zero-order valence-corrected chi connectivity index (χ0v) is 14.7. The fourth-order valence-corrected chi connectivity index (χ4v) is 2.89. The van der Waals surface area contributed by atoms with Crippen molar-refractivity contribution in [2.24, 2.45) is 0 Å². The second kappa shape index (κ2) is 8.43. The predicted molar refractivity (Wildman–Crippen MR) is 87.3 cm³/mol. The third-order valence-corrected chi connectivity index (χ3v) is 4.22. The number of urea groups is 1. The van der Waals surface area contributed by atoms with Gasteiger partial charge in [-0.15, -0.1) is 0 Å². The summed E-state index contributed by atoms with van der Waals surface area (Å²) in [7, 11) is 3.67. The highest BCUT2D eigenvalue weighted by Crippen LogP contribution is 2.20. The van der Waals surface area contributed by atoms with Crippen molar-refractivity contribution in [3.8, 4) is 0 Å². The monoisotopic (exact) mass is 376 g/mol. The molecule has 2 heterocycles. The topological polar surface area (TPSA) is 77.8 Å². The Bertz CT molecular complexity index is 604. The van der Waals surface area contributed by atoms with Gasteiger partial charge in [0.1, 0.15) is 18.3 Å². The predicted octanol–water partition coefficient (Wildman–Crippen LogP) is 1.73. The van der Waals surface area contributed by atoms with Gasteiger partial charge in [-0.2, -0.15) is 13.2 Å². The Balaban J connectivity index is 1.92. The lowest BCUT2D eigenvalue weighted by Gasteiger charge is -2.27. The third kappa shape index (κ3) is 5.38. The standard InChI is InChI=1S/C16H23F3N4O3/c1-22(2)12(13-6-4-8-26-13)9-20-15(25)23-7-3-5-11(23)14(24)21-10-16(17,18)19/h4,6,8,11-12H,3,5,7,9-10H2,1-2H3,(H,20,25)(H,21,24). The van der Waals surface area contributed by atoms with Crippen molar-refractivity contribution in [3.05, 3.63) is 24.2 Å². The van der Waals surface area contributed by atoms with Gasteiger partial charge in [-0.05, 0) is 39.1 Å². The van der Waals surface area contributed by atoms with Gasteiger partial charge >= 0.3 is 12.2 Å². The molecule has 0 bridgehead atoms. The molecule has 7 nitrogen and oxygen atoms in total. The Morgan fingerprint density at radius 2 is 2.12 bits per heavy atom. The van der Waals surface area contributed by atoms with Gasteiger partial charge in [-0.3, -0.25) is 9.69 Å². The van der Waals surface area contributed by atoms with Gasteiger partial charge in [0.25, 0.3) is 0 Å². The Hall–Kier alpha value is -2.23. The van der Waals surface area contributed by atoms with Gasteiger partial charge < -0.3 is 20.0 Å². The van der Waals surface area contributed by atoms with Crippen LogP contribution < -0.4 is 10.6 Å². The molecule has 0 aliphatic carbocycles. The van der Waals surface area contributed by atoms with E-state index in [9.17, 15) is 22.8 Å². The van der Waals surface area contributed by atoms with E-state index in [0.717, 1.165) is 0 Å². The first-order valence-electron chi connectivity index (χ1n) is 8.28. The van der Waals surface area contributed by atoms with Crippen molar-refractivity contribution in [1.29, 1.82) is 0 Å². The summed E-state index contributed by atoms with van der Waals surface area (Å²) in [6.45, 7) is -0.838. The van der Waals surface area contributed by atoms with Crippen molar-refractivity contribution in [1.82, 2.24) is 20.4 Å². The molecule has 2 unspecified atom stereocenters. The molecule has 0 spiro atoms. The molecule has 1 aromatic rings. The molecule has 146 valence electrons. The maximum Gasteiger partial charge on any atom is 0.405 e. The van der Waals surface area contributed by atoms with Crippen LogP contribution in [-0.4, -0.2) is 67.7 Å². The highest BCUT2D eigenvalue weighted by atomic mass is 19.4. The fourth-order valence-electron chi connectivity index (χ4n) is 2.89. The van der Waals surface area contributed by atoms with Crippen molar-refractivity contribution >= 4 is 11.9 Å². The van der Waals surface area contributed by atoms with Gasteiger partial charge in [-0.1, -0.05) is 0 Å². The van der Waals surface area contributed by atoms with E-state index >= 15 is 0 Å². The number of carbonyl (C=O) groups is 2. The van der Waals surface area contributed by atoms with Crippen LogP contribution in [0.2, 0.25) is 0 Å². The minimum absolute atomic E-state index is 0.200. The second-order valence-electron chi connectivity index (χ2n) is 6.37. The highest BCUT2D eigenvalue weighted by Gasteiger charge is 2.36. The van der Waals surface area contributed by atoms with E-state index in [1.807, 2.05) is 24.3 Å². The van der Waals surface area contributed by atoms with Crippen LogP contribution in [0.15, 0.2) is 22.8 Å². The summed E-state index contributed by atoms with van der Waals surface area (Å²) in [5.41, 5.74) is 0. The van der Waals surface area contributed by atoms with Crippen molar-refractivity contribution in [3.63, 3.8) is 0 Å². The first kappa shape index (κ1) is 20.1. The number of rotatable bonds is 6. The lowest BCUT2D eigenvalue weighted by Crippen LogP contribution is -2.51. The number of nitrogens with zero attached hydrogens (tertiary/aromatic N) is 2. The number of hydrogen-bond donors (Lipinski definition) is 2. The summed E-state index contributed by atoms with van der Waals surface area (Å²) < 4.78 is 42.1. The van der Waals surface area contributed by atoms with Gasteiger partial charge in [0, 0.05) is 13.1 Å². The number of carbonyl (C=O) groups excluding carboxylic acids is 2. The van der Waals surface area contributed by atoms with Crippen molar-refractivity contribution in [2.45, 2.75) is 31.1 Å². The van der Waals surface area contributed by atoms with Crippen LogP contribution >= 0.6 is 0 Å². The number of nitrogens with one attached hydrogen (secondary N) is 2. The van der Waals surface area contributed by atoms with Gasteiger partial charge in [0.15, 0.2) is 0 Å². The van der Waals surface area contributed by atoms with Crippen LogP contribution in [-0.2, 0) is 4.79 Å². The summed E-state index contributed by atoms with van der Waals surface area (Å²) >= 11 is 0. The molecule has 1 aliphatic rings. The summed E-state index contributed by atoms with van der Waals surface area (Å²) in [5, 5.41) is 4.58. The molecule has 10 heteroatoms. The van der Waals surface area contributed by atoms with E-state index in [2.05, 4.69) is 5.32 Å². The van der Waals surface area contributed by atoms with Crippen LogP contribution in [0.5, 0.6) is 0 Å². The van der Waals surface area contributed by atoms with E-state index in [0.29, 0.717) is 25.1 Å². The second-order valence-corrected chi connectivity index (χ2v) is 6.37. The maximum atomic E-state index is 12.4. The quantitative estimate of drug-likeness (QED) is 0.793. The number of likely N-dealkylation sites (N-methyl/N-ethyl adjacent to an activating group) is 1. The zero-order chi connectivity index (χ0) is 19.3. The van der Waals surface area contributed by atoms with E-state index < -0.39 is 30.7 Å². The molecular weight excluding hydrogens is 353 g/mol. The minimum Gasteiger partial charge on any atom is -0.468 e. The molecule has 1 aliphatic heterocycles. The van der Waals surface area contributed by atoms with Crippen LogP contribution in [0.1, 0.15) is 24.6 Å². The SMILES string of the molecule is CN(C)C(CNC(=O)N1CCCC1C(=O)NCC(F)(F)F)c1ccco1. The summed E-state index contributed by atoms with van der Waals surface area (Å²) in [5.74, 6) is -0.110. The maximum absolute atomic E-state index is 12.4. The third-order valence-electron chi connectivity index (χ3n) is 4.22. The average molecular weight is 376 g/mol. The molecule has 0 radical (unpaired) electrons. The Morgan fingerprint density at radius 1 is 1.38 bits per heavy atom. The number of hydrogen-bond acceptors (Lipinski definition) is 4. The number of likely N-dealkylation sites (tertiary alicyclic amines) is 1. The Morgan fingerprint density at radius 3 is 2.69 bits per heavy atom. The number of furan rings is 1. The van der Waals surface area contributed by atoms with E-state index in [4.69, 9.17) is 4.42 Å². The van der Waals surface area contributed by atoms with E-state index in [-0.39, 0.29) is 12.6 Å². The number of alkyl halides is 3. The average Bonchev–Trinajstić information content (AvgIpc) is 3.23.